The monoisotopic (exact) mass is 236 g/mol. The Kier molecular flexibility index (Phi) is 3.47. The molecule has 0 aromatic carbocycles. The summed E-state index contributed by atoms with van der Waals surface area (Å²) in [6, 6.07) is 2.12. The fourth-order valence-electron chi connectivity index (χ4n) is 2.45. The number of amides is 1. The summed E-state index contributed by atoms with van der Waals surface area (Å²) >= 11 is 0. The average molecular weight is 236 g/mol. The molecule has 3 N–H and O–H groups in total. The third-order valence-corrected chi connectivity index (χ3v) is 3.37. The topological polar surface area (TPSA) is 72.9 Å². The minimum atomic E-state index is -0.0476. The number of carbonyl (C=O) groups is 1. The van der Waals surface area contributed by atoms with Crippen LogP contribution in [0.15, 0.2) is 6.07 Å². The zero-order valence-corrected chi connectivity index (χ0v) is 10.4. The Hall–Kier alpha value is -1.36. The molecular formula is C12H20N4O. The van der Waals surface area contributed by atoms with E-state index in [4.69, 9.17) is 5.73 Å². The molecule has 1 heterocycles. The maximum Gasteiger partial charge on any atom is 0.269 e. The number of rotatable bonds is 3. The van der Waals surface area contributed by atoms with Gasteiger partial charge in [-0.3, -0.25) is 9.48 Å². The number of aryl methyl sites for hydroxylation is 2. The largest absolute Gasteiger partial charge is 0.350 e. The lowest BCUT2D eigenvalue weighted by Crippen LogP contribution is -2.30. The molecular weight excluding hydrogens is 216 g/mol. The number of carbonyl (C=O) groups excluding carboxylic acids is 1. The molecule has 1 aliphatic rings. The van der Waals surface area contributed by atoms with Crippen molar-refractivity contribution < 1.29 is 4.79 Å². The minimum absolute atomic E-state index is 0.0476. The maximum atomic E-state index is 11.9. The molecule has 2 atom stereocenters. The fourth-order valence-corrected chi connectivity index (χ4v) is 2.45. The molecule has 1 saturated carbocycles. The van der Waals surface area contributed by atoms with Crippen molar-refractivity contribution in [1.82, 2.24) is 15.1 Å². The molecule has 0 aliphatic heterocycles. The van der Waals surface area contributed by atoms with Crippen molar-refractivity contribution in [2.24, 2.45) is 18.7 Å². The van der Waals surface area contributed by atoms with Gasteiger partial charge in [0.1, 0.15) is 5.69 Å². The summed E-state index contributed by atoms with van der Waals surface area (Å²) in [6.07, 6.45) is 3.21. The van der Waals surface area contributed by atoms with Crippen LogP contribution in [0, 0.1) is 12.8 Å². The van der Waals surface area contributed by atoms with E-state index in [-0.39, 0.29) is 5.91 Å². The van der Waals surface area contributed by atoms with Crippen LogP contribution in [0.2, 0.25) is 0 Å². The molecule has 1 aromatic heterocycles. The number of hydrogen-bond donors (Lipinski definition) is 2. The normalized spacial score (nSPS) is 23.9. The van der Waals surface area contributed by atoms with E-state index < -0.39 is 0 Å². The van der Waals surface area contributed by atoms with Gasteiger partial charge >= 0.3 is 0 Å². The summed E-state index contributed by atoms with van der Waals surface area (Å²) in [5.41, 5.74) is 7.32. The van der Waals surface area contributed by atoms with Crippen LogP contribution in [0.5, 0.6) is 0 Å². The zero-order valence-electron chi connectivity index (χ0n) is 10.4. The Labute approximate surface area is 101 Å². The maximum absolute atomic E-state index is 11.9. The van der Waals surface area contributed by atoms with Crippen molar-refractivity contribution in [2.75, 3.05) is 6.54 Å². The number of nitrogens with one attached hydrogen (secondary N) is 1. The van der Waals surface area contributed by atoms with Gasteiger partial charge in [0.25, 0.3) is 5.91 Å². The standard InChI is InChI=1S/C12H20N4O/c1-8-5-11(16(2)15-8)12(17)14-7-9-3-4-10(13)6-9/h5,9-10H,3-4,6-7,13H2,1-2H3,(H,14,17). The zero-order chi connectivity index (χ0) is 12.4. The van der Waals surface area contributed by atoms with E-state index in [1.807, 2.05) is 6.92 Å². The first-order valence-electron chi connectivity index (χ1n) is 6.10. The van der Waals surface area contributed by atoms with Gasteiger partial charge in [-0.05, 0) is 38.2 Å². The summed E-state index contributed by atoms with van der Waals surface area (Å²) in [4.78, 5) is 11.9. The van der Waals surface area contributed by atoms with Crippen LogP contribution in [-0.2, 0) is 7.05 Å². The third kappa shape index (κ3) is 2.85. The van der Waals surface area contributed by atoms with Crippen LogP contribution in [0.25, 0.3) is 0 Å². The summed E-state index contributed by atoms with van der Waals surface area (Å²) < 4.78 is 1.62. The second-order valence-electron chi connectivity index (χ2n) is 4.94. The van der Waals surface area contributed by atoms with Crippen LogP contribution >= 0.6 is 0 Å². The van der Waals surface area contributed by atoms with E-state index in [1.165, 1.54) is 0 Å². The van der Waals surface area contributed by atoms with E-state index in [0.717, 1.165) is 31.5 Å². The van der Waals surface area contributed by atoms with Crippen LogP contribution in [0.4, 0.5) is 0 Å². The molecule has 1 fully saturated rings. The van der Waals surface area contributed by atoms with Crippen molar-refractivity contribution in [3.63, 3.8) is 0 Å². The number of hydrogen-bond acceptors (Lipinski definition) is 3. The summed E-state index contributed by atoms with van der Waals surface area (Å²) in [7, 11) is 1.79. The van der Waals surface area contributed by atoms with Crippen molar-refractivity contribution in [1.29, 1.82) is 0 Å². The van der Waals surface area contributed by atoms with Gasteiger partial charge in [0.15, 0.2) is 0 Å². The predicted octanol–water partition coefficient (Wildman–Crippen LogP) is 0.586. The van der Waals surface area contributed by atoms with Crippen LogP contribution in [-0.4, -0.2) is 28.3 Å². The Balaban J connectivity index is 1.87. The van der Waals surface area contributed by atoms with Crippen LogP contribution in [0.3, 0.4) is 0 Å². The Morgan fingerprint density at radius 1 is 1.65 bits per heavy atom. The summed E-state index contributed by atoms with van der Waals surface area (Å²) in [5, 5.41) is 7.12. The second kappa shape index (κ2) is 4.87. The Bertz CT molecular complexity index is 413. The number of nitrogens with zero attached hydrogens (tertiary/aromatic N) is 2. The molecule has 5 heteroatoms. The molecule has 0 bridgehead atoms. The highest BCUT2D eigenvalue weighted by Gasteiger charge is 2.22. The minimum Gasteiger partial charge on any atom is -0.350 e. The second-order valence-corrected chi connectivity index (χ2v) is 4.94. The molecule has 1 aromatic rings. The lowest BCUT2D eigenvalue weighted by molar-refractivity contribution is 0.0938. The average Bonchev–Trinajstić information content (AvgIpc) is 2.81. The predicted molar refractivity (Wildman–Crippen MR) is 65.6 cm³/mol. The SMILES string of the molecule is Cc1cc(C(=O)NCC2CCC(N)C2)n(C)n1. The first kappa shape index (κ1) is 12.1. The van der Waals surface area contributed by atoms with Gasteiger partial charge in [-0.25, -0.2) is 0 Å². The Morgan fingerprint density at radius 2 is 2.41 bits per heavy atom. The first-order chi connectivity index (χ1) is 8.06. The molecule has 0 radical (unpaired) electrons. The van der Waals surface area contributed by atoms with Crippen LogP contribution < -0.4 is 11.1 Å². The molecule has 17 heavy (non-hydrogen) atoms. The Morgan fingerprint density at radius 3 is 2.94 bits per heavy atom. The third-order valence-electron chi connectivity index (χ3n) is 3.37. The highest BCUT2D eigenvalue weighted by molar-refractivity contribution is 5.92. The number of nitrogens with two attached hydrogens (primary N) is 1. The molecule has 2 unspecified atom stereocenters. The smallest absolute Gasteiger partial charge is 0.269 e. The molecule has 1 aliphatic carbocycles. The van der Waals surface area contributed by atoms with E-state index in [1.54, 1.807) is 17.8 Å². The van der Waals surface area contributed by atoms with Gasteiger partial charge in [0.2, 0.25) is 0 Å². The molecule has 1 amide bonds. The van der Waals surface area contributed by atoms with Gasteiger partial charge in [0.05, 0.1) is 5.69 Å². The van der Waals surface area contributed by atoms with Gasteiger partial charge in [0, 0.05) is 19.6 Å². The molecule has 94 valence electrons. The number of aromatic nitrogens is 2. The fraction of sp³-hybridized carbons (Fsp3) is 0.667. The van der Waals surface area contributed by atoms with Gasteiger partial charge in [-0.2, -0.15) is 5.10 Å². The van der Waals surface area contributed by atoms with E-state index in [0.29, 0.717) is 17.7 Å². The molecule has 0 saturated heterocycles. The van der Waals surface area contributed by atoms with E-state index in [2.05, 4.69) is 10.4 Å². The van der Waals surface area contributed by atoms with E-state index >= 15 is 0 Å². The van der Waals surface area contributed by atoms with Crippen molar-refractivity contribution in [3.8, 4) is 0 Å². The van der Waals surface area contributed by atoms with E-state index in [9.17, 15) is 4.79 Å². The molecule has 2 rings (SSSR count). The van der Waals surface area contributed by atoms with Crippen LogP contribution in [0.1, 0.15) is 35.4 Å². The summed E-state index contributed by atoms with van der Waals surface area (Å²) in [5.74, 6) is 0.483. The van der Waals surface area contributed by atoms with Gasteiger partial charge in [-0.1, -0.05) is 0 Å². The van der Waals surface area contributed by atoms with Crippen molar-refractivity contribution in [2.45, 2.75) is 32.2 Å². The highest BCUT2D eigenvalue weighted by Crippen LogP contribution is 2.23. The molecule has 0 spiro atoms. The highest BCUT2D eigenvalue weighted by atomic mass is 16.2. The quantitative estimate of drug-likeness (QED) is 0.806. The summed E-state index contributed by atoms with van der Waals surface area (Å²) in [6.45, 7) is 2.60. The van der Waals surface area contributed by atoms with Crippen molar-refractivity contribution >= 4 is 5.91 Å². The van der Waals surface area contributed by atoms with Crippen molar-refractivity contribution in [3.05, 3.63) is 17.5 Å². The van der Waals surface area contributed by atoms with Gasteiger partial charge in [-0.15, -0.1) is 0 Å². The lowest BCUT2D eigenvalue weighted by Gasteiger charge is -2.10. The lowest BCUT2D eigenvalue weighted by atomic mass is 10.1. The van der Waals surface area contributed by atoms with Gasteiger partial charge < -0.3 is 11.1 Å². The first-order valence-corrected chi connectivity index (χ1v) is 6.10. The molecule has 5 nitrogen and oxygen atoms in total.